The van der Waals surface area contributed by atoms with Gasteiger partial charge in [0.2, 0.25) is 0 Å². The van der Waals surface area contributed by atoms with Gasteiger partial charge in [0.25, 0.3) is 0 Å². The second-order valence-corrected chi connectivity index (χ2v) is 1.52. The Morgan fingerprint density at radius 1 is 1.55 bits per heavy atom. The zero-order valence-electron chi connectivity index (χ0n) is 6.37. The zero-order chi connectivity index (χ0) is 7.98. The molecule has 11 heavy (non-hydrogen) atoms. The van der Waals surface area contributed by atoms with Crippen LogP contribution in [-0.2, 0) is 14.3 Å². The van der Waals surface area contributed by atoms with Crippen LogP contribution in [0.4, 0.5) is 0 Å². The van der Waals surface area contributed by atoms with Crippen LogP contribution >= 0.6 is 0 Å². The van der Waals surface area contributed by atoms with Crippen molar-refractivity contribution in [3.63, 3.8) is 0 Å². The maximum atomic E-state index is 10.3. The number of hydrogen-bond acceptors (Lipinski definition) is 3. The first-order chi connectivity index (χ1) is 4.66. The molecule has 0 aliphatic heterocycles. The number of carboxylic acids is 1. The standard InChI is InChI=1S/C6H8O4.K/c1-2-6(9)10-4-3-5(7)8;/h2H,1,3-4H2,(H,7,8);. The van der Waals surface area contributed by atoms with Crippen LogP contribution in [0, 0.1) is 0 Å². The Hall–Kier alpha value is 0.316. The molecule has 0 bridgehead atoms. The molecule has 5 heteroatoms. The van der Waals surface area contributed by atoms with E-state index in [1.54, 1.807) is 0 Å². The van der Waals surface area contributed by atoms with E-state index in [1.807, 2.05) is 0 Å². The number of esters is 1. The van der Waals surface area contributed by atoms with Crippen LogP contribution in [0.1, 0.15) is 6.42 Å². The van der Waals surface area contributed by atoms with Gasteiger partial charge in [-0.05, 0) is 0 Å². The molecule has 0 atom stereocenters. The number of ether oxygens (including phenoxy) is 1. The molecule has 0 aromatic carbocycles. The largest absolute Gasteiger partial charge is 0.481 e. The van der Waals surface area contributed by atoms with E-state index in [0.717, 1.165) is 6.08 Å². The molecular weight excluding hydrogens is 175 g/mol. The van der Waals surface area contributed by atoms with Crippen LogP contribution in [0.25, 0.3) is 0 Å². The summed E-state index contributed by atoms with van der Waals surface area (Å²) in [5.74, 6) is -1.59. The molecule has 0 saturated carbocycles. The van der Waals surface area contributed by atoms with Gasteiger partial charge in [0.05, 0.1) is 6.42 Å². The summed E-state index contributed by atoms with van der Waals surface area (Å²) in [6, 6.07) is 0. The number of carboxylic acid groups (broad SMARTS) is 1. The van der Waals surface area contributed by atoms with Gasteiger partial charge in [-0.3, -0.25) is 4.79 Å². The zero-order valence-corrected chi connectivity index (χ0v) is 9.49. The molecule has 0 amide bonds. The SMILES string of the molecule is C=CC(=O)OCCC(=O)O.[K]. The fraction of sp³-hybridized carbons (Fsp3) is 0.333. The van der Waals surface area contributed by atoms with Crippen molar-refractivity contribution >= 4 is 63.3 Å². The average Bonchev–Trinajstić information content (AvgIpc) is 1.87. The normalized spacial score (nSPS) is 7.64. The molecule has 0 heterocycles. The maximum absolute atomic E-state index is 10.3. The van der Waals surface area contributed by atoms with Crippen molar-refractivity contribution < 1.29 is 19.4 Å². The predicted molar refractivity (Wildman–Crippen MR) is 39.2 cm³/mol. The Morgan fingerprint density at radius 3 is 2.45 bits per heavy atom. The predicted octanol–water partition coefficient (Wildman–Crippen LogP) is -0.190. The summed E-state index contributed by atoms with van der Waals surface area (Å²) in [5.41, 5.74) is 0. The molecule has 0 rings (SSSR count). The summed E-state index contributed by atoms with van der Waals surface area (Å²) in [6.07, 6.45) is 0.821. The monoisotopic (exact) mass is 183 g/mol. The fourth-order valence-corrected chi connectivity index (χ4v) is 0.298. The Kier molecular flexibility index (Phi) is 10.6. The molecule has 0 aliphatic rings. The van der Waals surface area contributed by atoms with E-state index in [9.17, 15) is 9.59 Å². The molecule has 0 aromatic rings. The van der Waals surface area contributed by atoms with E-state index in [0.29, 0.717) is 0 Å². The summed E-state index contributed by atoms with van der Waals surface area (Å²) >= 11 is 0. The van der Waals surface area contributed by atoms with Crippen molar-refractivity contribution in [3.05, 3.63) is 12.7 Å². The van der Waals surface area contributed by atoms with Gasteiger partial charge in [0, 0.05) is 57.5 Å². The summed E-state index contributed by atoms with van der Waals surface area (Å²) in [5, 5.41) is 8.08. The first kappa shape index (κ1) is 13.9. The van der Waals surface area contributed by atoms with Crippen molar-refractivity contribution in [1.29, 1.82) is 0 Å². The second-order valence-electron chi connectivity index (χ2n) is 1.52. The number of aliphatic carboxylic acids is 1. The van der Waals surface area contributed by atoms with Crippen molar-refractivity contribution in [2.45, 2.75) is 6.42 Å². The van der Waals surface area contributed by atoms with Crippen LogP contribution in [0.15, 0.2) is 12.7 Å². The van der Waals surface area contributed by atoms with E-state index in [2.05, 4.69) is 11.3 Å². The third-order valence-corrected chi connectivity index (χ3v) is 0.727. The summed E-state index contributed by atoms with van der Waals surface area (Å²) in [4.78, 5) is 20.1. The second kappa shape index (κ2) is 8.41. The minimum absolute atomic E-state index is 0. The first-order valence-electron chi connectivity index (χ1n) is 2.68. The number of carbonyl (C=O) groups is 2. The van der Waals surface area contributed by atoms with Gasteiger partial charge in [-0.15, -0.1) is 0 Å². The van der Waals surface area contributed by atoms with E-state index >= 15 is 0 Å². The van der Waals surface area contributed by atoms with Crippen LogP contribution in [0.5, 0.6) is 0 Å². The van der Waals surface area contributed by atoms with Gasteiger partial charge in [0.15, 0.2) is 0 Å². The van der Waals surface area contributed by atoms with Gasteiger partial charge in [-0.1, -0.05) is 6.58 Å². The summed E-state index contributed by atoms with van der Waals surface area (Å²) in [7, 11) is 0. The fourth-order valence-electron chi connectivity index (χ4n) is 0.298. The van der Waals surface area contributed by atoms with E-state index < -0.39 is 11.9 Å². The van der Waals surface area contributed by atoms with Gasteiger partial charge in [-0.2, -0.15) is 0 Å². The Morgan fingerprint density at radius 2 is 2.09 bits per heavy atom. The van der Waals surface area contributed by atoms with Gasteiger partial charge in [0.1, 0.15) is 6.61 Å². The Labute approximate surface area is 107 Å². The Balaban J connectivity index is 0. The average molecular weight is 183 g/mol. The van der Waals surface area contributed by atoms with Crippen LogP contribution in [0.2, 0.25) is 0 Å². The molecule has 0 aliphatic carbocycles. The summed E-state index contributed by atoms with van der Waals surface area (Å²) in [6.45, 7) is 3.04. The molecule has 1 N–H and O–H groups in total. The topological polar surface area (TPSA) is 63.6 Å². The summed E-state index contributed by atoms with van der Waals surface area (Å²) < 4.78 is 4.36. The third-order valence-electron chi connectivity index (χ3n) is 0.727. The molecule has 57 valence electrons. The Bertz CT molecular complexity index is 155. The van der Waals surface area contributed by atoms with Crippen LogP contribution in [0.3, 0.4) is 0 Å². The van der Waals surface area contributed by atoms with Crippen LogP contribution in [-0.4, -0.2) is 75.0 Å². The minimum Gasteiger partial charge on any atom is -0.481 e. The third kappa shape index (κ3) is 10.3. The molecular formula is C6H8KO4. The van der Waals surface area contributed by atoms with Gasteiger partial charge < -0.3 is 9.84 Å². The maximum Gasteiger partial charge on any atom is 0.330 e. The van der Waals surface area contributed by atoms with Crippen molar-refractivity contribution in [1.82, 2.24) is 0 Å². The molecule has 0 aromatic heterocycles. The number of rotatable bonds is 4. The first-order valence-corrected chi connectivity index (χ1v) is 2.68. The van der Waals surface area contributed by atoms with Crippen molar-refractivity contribution in [2.75, 3.05) is 6.61 Å². The van der Waals surface area contributed by atoms with Gasteiger partial charge in [-0.25, -0.2) is 4.79 Å². The molecule has 1 radical (unpaired) electrons. The number of hydrogen-bond donors (Lipinski definition) is 1. The quantitative estimate of drug-likeness (QED) is 0.373. The minimum atomic E-state index is -0.989. The van der Waals surface area contributed by atoms with E-state index in [1.165, 1.54) is 0 Å². The molecule has 0 fully saturated rings. The van der Waals surface area contributed by atoms with E-state index in [4.69, 9.17) is 5.11 Å². The van der Waals surface area contributed by atoms with Crippen molar-refractivity contribution in [3.8, 4) is 0 Å². The van der Waals surface area contributed by atoms with Crippen molar-refractivity contribution in [2.24, 2.45) is 0 Å². The molecule has 0 saturated heterocycles. The van der Waals surface area contributed by atoms with Gasteiger partial charge >= 0.3 is 11.9 Å². The van der Waals surface area contributed by atoms with Crippen LogP contribution < -0.4 is 0 Å². The molecule has 0 spiro atoms. The number of carbonyl (C=O) groups excluding carboxylic acids is 1. The molecule has 4 nitrogen and oxygen atoms in total. The molecule has 0 unspecified atom stereocenters. The smallest absolute Gasteiger partial charge is 0.330 e. The van der Waals surface area contributed by atoms with E-state index in [-0.39, 0.29) is 64.4 Å².